The minimum Gasteiger partial charge on any atom is -0.325 e. The quantitative estimate of drug-likeness (QED) is 0.836. The highest BCUT2D eigenvalue weighted by molar-refractivity contribution is 6.31. The second-order valence-electron chi connectivity index (χ2n) is 2.95. The molecular weight excluding hydrogens is 212 g/mol. The van der Waals surface area contributed by atoms with Crippen LogP contribution < -0.4 is 5.73 Å². The van der Waals surface area contributed by atoms with Gasteiger partial charge < -0.3 is 5.73 Å². The minimum absolute atomic E-state index is 0.345. The predicted molar refractivity (Wildman–Crippen MR) is 58.2 cm³/mol. The largest absolute Gasteiger partial charge is 0.325 e. The number of nitrogens with zero attached hydrogens (tertiary/aromatic N) is 3. The summed E-state index contributed by atoms with van der Waals surface area (Å²) in [5.74, 6) is 0. The van der Waals surface area contributed by atoms with Crippen LogP contribution in [0.25, 0.3) is 11.3 Å². The van der Waals surface area contributed by atoms with E-state index in [0.29, 0.717) is 23.1 Å². The van der Waals surface area contributed by atoms with Gasteiger partial charge in [-0.3, -0.25) is 4.98 Å². The van der Waals surface area contributed by atoms with Gasteiger partial charge >= 0.3 is 0 Å². The van der Waals surface area contributed by atoms with Crippen LogP contribution >= 0.6 is 11.6 Å². The molecule has 0 amide bonds. The Morgan fingerprint density at radius 2 is 2.20 bits per heavy atom. The van der Waals surface area contributed by atoms with Crippen LogP contribution in [0.1, 0.15) is 5.69 Å². The highest BCUT2D eigenvalue weighted by Crippen LogP contribution is 2.22. The Morgan fingerprint density at radius 3 is 2.87 bits per heavy atom. The third kappa shape index (κ3) is 2.11. The summed E-state index contributed by atoms with van der Waals surface area (Å²) < 4.78 is 0. The van der Waals surface area contributed by atoms with E-state index in [-0.39, 0.29) is 0 Å². The van der Waals surface area contributed by atoms with Crippen LogP contribution in [0.15, 0.2) is 30.7 Å². The molecule has 0 unspecified atom stereocenters. The molecule has 2 rings (SSSR count). The number of hydrogen-bond donors (Lipinski definition) is 1. The van der Waals surface area contributed by atoms with E-state index in [0.717, 1.165) is 5.56 Å². The first-order valence-electron chi connectivity index (χ1n) is 4.43. The third-order valence-corrected chi connectivity index (χ3v) is 2.20. The molecule has 2 heterocycles. The number of nitrogens with two attached hydrogens (primary N) is 1. The Bertz CT molecular complexity index is 458. The zero-order valence-electron chi connectivity index (χ0n) is 7.89. The molecule has 0 bridgehead atoms. The zero-order valence-corrected chi connectivity index (χ0v) is 8.65. The van der Waals surface area contributed by atoms with Crippen LogP contribution in [-0.4, -0.2) is 15.0 Å². The van der Waals surface area contributed by atoms with E-state index in [1.54, 1.807) is 18.6 Å². The molecule has 2 aromatic heterocycles. The lowest BCUT2D eigenvalue weighted by Crippen LogP contribution is -2.02. The number of aromatic nitrogens is 3. The molecule has 0 saturated heterocycles. The molecule has 0 aliphatic heterocycles. The number of pyridine rings is 1. The second kappa shape index (κ2) is 4.33. The standard InChI is InChI=1S/C10H9ClN4/c11-10-9(7-2-1-3-13-5-7)15-8(4-12)6-14-10/h1-3,5-6H,4,12H2. The molecule has 0 saturated carbocycles. The van der Waals surface area contributed by atoms with Gasteiger partial charge in [0.25, 0.3) is 0 Å². The van der Waals surface area contributed by atoms with Crippen LogP contribution in [0.3, 0.4) is 0 Å². The lowest BCUT2D eigenvalue weighted by Gasteiger charge is -2.03. The fourth-order valence-electron chi connectivity index (χ4n) is 1.20. The Hall–Kier alpha value is -1.52. The van der Waals surface area contributed by atoms with Gasteiger partial charge in [-0.05, 0) is 12.1 Å². The average molecular weight is 221 g/mol. The van der Waals surface area contributed by atoms with E-state index in [4.69, 9.17) is 17.3 Å². The number of hydrogen-bond acceptors (Lipinski definition) is 4. The van der Waals surface area contributed by atoms with Gasteiger partial charge in [0, 0.05) is 24.5 Å². The van der Waals surface area contributed by atoms with E-state index in [2.05, 4.69) is 15.0 Å². The molecule has 15 heavy (non-hydrogen) atoms. The maximum Gasteiger partial charge on any atom is 0.155 e. The monoisotopic (exact) mass is 220 g/mol. The van der Waals surface area contributed by atoms with Crippen molar-refractivity contribution >= 4 is 11.6 Å². The van der Waals surface area contributed by atoms with Gasteiger partial charge in [0.05, 0.1) is 11.9 Å². The van der Waals surface area contributed by atoms with Crippen LogP contribution in [0.4, 0.5) is 0 Å². The van der Waals surface area contributed by atoms with Gasteiger partial charge in [-0.1, -0.05) is 11.6 Å². The van der Waals surface area contributed by atoms with Crippen LogP contribution in [-0.2, 0) is 6.54 Å². The first-order valence-corrected chi connectivity index (χ1v) is 4.81. The fourth-order valence-corrected chi connectivity index (χ4v) is 1.40. The number of rotatable bonds is 2. The molecule has 0 radical (unpaired) electrons. The lowest BCUT2D eigenvalue weighted by atomic mass is 10.2. The Kier molecular flexibility index (Phi) is 2.89. The van der Waals surface area contributed by atoms with Crippen molar-refractivity contribution in [1.82, 2.24) is 15.0 Å². The van der Waals surface area contributed by atoms with Gasteiger partial charge in [0.2, 0.25) is 0 Å². The maximum atomic E-state index is 5.95. The van der Waals surface area contributed by atoms with Gasteiger partial charge in [-0.2, -0.15) is 0 Å². The maximum absolute atomic E-state index is 5.95. The summed E-state index contributed by atoms with van der Waals surface area (Å²) in [4.78, 5) is 12.3. The lowest BCUT2D eigenvalue weighted by molar-refractivity contribution is 0.967. The number of halogens is 1. The molecule has 0 aliphatic carbocycles. The van der Waals surface area contributed by atoms with E-state index in [1.807, 2.05) is 12.1 Å². The second-order valence-corrected chi connectivity index (χ2v) is 3.30. The van der Waals surface area contributed by atoms with Gasteiger partial charge in [-0.15, -0.1) is 0 Å². The molecule has 0 fully saturated rings. The smallest absolute Gasteiger partial charge is 0.155 e. The van der Waals surface area contributed by atoms with Crippen molar-refractivity contribution in [3.8, 4) is 11.3 Å². The highest BCUT2D eigenvalue weighted by atomic mass is 35.5. The SMILES string of the molecule is NCc1cnc(Cl)c(-c2cccnc2)n1. The van der Waals surface area contributed by atoms with E-state index < -0.39 is 0 Å². The Balaban J connectivity index is 2.52. The molecule has 4 nitrogen and oxygen atoms in total. The topological polar surface area (TPSA) is 64.7 Å². The van der Waals surface area contributed by atoms with Crippen molar-refractivity contribution in [1.29, 1.82) is 0 Å². The molecule has 76 valence electrons. The summed E-state index contributed by atoms with van der Waals surface area (Å²) in [5, 5.41) is 0.361. The summed E-state index contributed by atoms with van der Waals surface area (Å²) in [6, 6.07) is 3.70. The predicted octanol–water partition coefficient (Wildman–Crippen LogP) is 1.65. The van der Waals surface area contributed by atoms with Crippen molar-refractivity contribution in [2.24, 2.45) is 5.73 Å². The molecule has 0 aliphatic rings. The van der Waals surface area contributed by atoms with Crippen molar-refractivity contribution in [3.63, 3.8) is 0 Å². The fraction of sp³-hybridized carbons (Fsp3) is 0.100. The molecule has 2 aromatic rings. The van der Waals surface area contributed by atoms with Crippen LogP contribution in [0.2, 0.25) is 5.15 Å². The third-order valence-electron chi connectivity index (χ3n) is 1.92. The normalized spacial score (nSPS) is 10.3. The van der Waals surface area contributed by atoms with Crippen molar-refractivity contribution in [2.45, 2.75) is 6.54 Å². The molecule has 0 atom stereocenters. The zero-order chi connectivity index (χ0) is 10.7. The summed E-state index contributed by atoms with van der Waals surface area (Å²) in [6.07, 6.45) is 4.95. The van der Waals surface area contributed by atoms with E-state index >= 15 is 0 Å². The average Bonchev–Trinajstić information content (AvgIpc) is 2.31. The van der Waals surface area contributed by atoms with Crippen LogP contribution in [0, 0.1) is 0 Å². The molecule has 0 aromatic carbocycles. The summed E-state index contributed by atoms with van der Waals surface area (Å²) in [5.41, 5.74) is 7.65. The van der Waals surface area contributed by atoms with Gasteiger partial charge in [-0.25, -0.2) is 9.97 Å². The Morgan fingerprint density at radius 1 is 1.33 bits per heavy atom. The van der Waals surface area contributed by atoms with Gasteiger partial charge in [0.1, 0.15) is 5.69 Å². The van der Waals surface area contributed by atoms with Crippen LogP contribution in [0.5, 0.6) is 0 Å². The van der Waals surface area contributed by atoms with Crippen molar-refractivity contribution < 1.29 is 0 Å². The van der Waals surface area contributed by atoms with E-state index in [9.17, 15) is 0 Å². The first-order chi connectivity index (χ1) is 7.31. The van der Waals surface area contributed by atoms with Crippen molar-refractivity contribution in [2.75, 3.05) is 0 Å². The summed E-state index contributed by atoms with van der Waals surface area (Å²) in [7, 11) is 0. The van der Waals surface area contributed by atoms with E-state index in [1.165, 1.54) is 0 Å². The summed E-state index contributed by atoms with van der Waals surface area (Å²) in [6.45, 7) is 0.345. The molecule has 5 heteroatoms. The Labute approximate surface area is 92.2 Å². The first kappa shape index (κ1) is 10.0. The molecule has 2 N–H and O–H groups in total. The van der Waals surface area contributed by atoms with Crippen molar-refractivity contribution in [3.05, 3.63) is 41.6 Å². The molecular formula is C10H9ClN4. The highest BCUT2D eigenvalue weighted by Gasteiger charge is 2.07. The van der Waals surface area contributed by atoms with Gasteiger partial charge in [0.15, 0.2) is 5.15 Å². The molecule has 0 spiro atoms. The summed E-state index contributed by atoms with van der Waals surface area (Å²) >= 11 is 5.95. The minimum atomic E-state index is 0.345.